The fourth-order valence-corrected chi connectivity index (χ4v) is 7.00. The molecule has 180 valence electrons. The molecule has 0 amide bonds. The van der Waals surface area contributed by atoms with E-state index in [0.717, 1.165) is 28.7 Å². The summed E-state index contributed by atoms with van der Waals surface area (Å²) in [6.45, 7) is 0. The van der Waals surface area contributed by atoms with Gasteiger partial charge < -0.3 is 10.3 Å². The number of rotatable bonds is 7. The van der Waals surface area contributed by atoms with E-state index < -0.39 is 19.9 Å². The van der Waals surface area contributed by atoms with Crippen molar-refractivity contribution in [3.63, 3.8) is 0 Å². The second kappa shape index (κ2) is 8.72. The predicted octanol–water partition coefficient (Wildman–Crippen LogP) is 2.88. The monoisotopic (exact) mass is 528 g/mol. The molecular weight excluding hydrogens is 508 g/mol. The lowest BCUT2D eigenvalue weighted by Crippen LogP contribution is -2.49. The molecule has 3 aromatic heterocycles. The molecule has 1 fully saturated rings. The highest BCUT2D eigenvalue weighted by Crippen LogP contribution is 2.38. The van der Waals surface area contributed by atoms with Gasteiger partial charge in [0.05, 0.1) is 34.0 Å². The van der Waals surface area contributed by atoms with Crippen molar-refractivity contribution in [1.29, 1.82) is 5.26 Å². The number of aromatic amines is 1. The number of aromatic nitrogens is 3. The molecule has 1 aliphatic carbocycles. The number of hydrogen-bond acceptors (Lipinski definition) is 9. The molecule has 10 nitrogen and oxygen atoms in total. The number of anilines is 1. The van der Waals surface area contributed by atoms with Crippen molar-refractivity contribution in [3.05, 3.63) is 54.5 Å². The zero-order valence-corrected chi connectivity index (χ0v) is 20.8. The van der Waals surface area contributed by atoms with E-state index in [4.69, 9.17) is 5.26 Å². The summed E-state index contributed by atoms with van der Waals surface area (Å²) in [6, 6.07) is 9.46. The number of sulfone groups is 1. The van der Waals surface area contributed by atoms with Gasteiger partial charge >= 0.3 is 0 Å². The van der Waals surface area contributed by atoms with Gasteiger partial charge in [0.1, 0.15) is 14.9 Å². The Hall–Kier alpha value is -3.31. The van der Waals surface area contributed by atoms with Crippen molar-refractivity contribution >= 4 is 47.9 Å². The molecule has 0 unspecified atom stereocenters. The lowest BCUT2D eigenvalue weighted by Gasteiger charge is -2.37. The summed E-state index contributed by atoms with van der Waals surface area (Å²) in [4.78, 5) is 11.8. The van der Waals surface area contributed by atoms with Gasteiger partial charge in [-0.15, -0.1) is 11.3 Å². The summed E-state index contributed by atoms with van der Waals surface area (Å²) in [5.74, 6) is 0. The topological polar surface area (TPSA) is 158 Å². The molecule has 1 aromatic carbocycles. The van der Waals surface area contributed by atoms with Gasteiger partial charge in [-0.2, -0.15) is 5.26 Å². The summed E-state index contributed by atoms with van der Waals surface area (Å²) < 4.78 is 52.2. The molecule has 3 N–H and O–H groups in total. The summed E-state index contributed by atoms with van der Waals surface area (Å²) in [5, 5.41) is 13.9. The molecule has 1 aliphatic rings. The normalized spacial score (nSPS) is 18.2. The maximum atomic E-state index is 12.7. The summed E-state index contributed by atoms with van der Waals surface area (Å²) in [5.41, 5.74) is 2.39. The second-order valence-corrected chi connectivity index (χ2v) is 13.3. The maximum absolute atomic E-state index is 12.7. The molecule has 0 atom stereocenters. The highest BCUT2D eigenvalue weighted by atomic mass is 32.2. The minimum absolute atomic E-state index is 0.0123. The third-order valence-electron chi connectivity index (χ3n) is 5.75. The third-order valence-corrected chi connectivity index (χ3v) is 10.1. The Morgan fingerprint density at radius 3 is 2.63 bits per heavy atom. The smallest absolute Gasteiger partial charge is 0.240 e. The van der Waals surface area contributed by atoms with E-state index in [1.165, 1.54) is 18.3 Å². The molecule has 3 heterocycles. The van der Waals surface area contributed by atoms with Gasteiger partial charge in [0.2, 0.25) is 10.0 Å². The molecule has 35 heavy (non-hydrogen) atoms. The van der Waals surface area contributed by atoms with Gasteiger partial charge in [-0.1, -0.05) is 6.07 Å². The predicted molar refractivity (Wildman–Crippen MR) is 132 cm³/mol. The van der Waals surface area contributed by atoms with Gasteiger partial charge in [-0.3, -0.25) is 0 Å². The summed E-state index contributed by atoms with van der Waals surface area (Å²) in [6.07, 6.45) is 7.00. The highest BCUT2D eigenvalue weighted by molar-refractivity contribution is 7.92. The first-order valence-corrected chi connectivity index (χ1v) is 14.7. The van der Waals surface area contributed by atoms with Crippen LogP contribution in [0.2, 0.25) is 0 Å². The fraction of sp³-hybridized carbons (Fsp3) is 0.227. The number of benzene rings is 1. The van der Waals surface area contributed by atoms with E-state index in [9.17, 15) is 16.8 Å². The average Bonchev–Trinajstić information content (AvgIpc) is 3.47. The van der Waals surface area contributed by atoms with Crippen molar-refractivity contribution in [3.8, 4) is 16.6 Å². The van der Waals surface area contributed by atoms with Gasteiger partial charge in [0.25, 0.3) is 0 Å². The first kappa shape index (κ1) is 23.4. The van der Waals surface area contributed by atoms with Crippen molar-refractivity contribution in [2.45, 2.75) is 34.0 Å². The number of nitriles is 1. The van der Waals surface area contributed by atoms with Crippen LogP contribution in [0.1, 0.15) is 18.4 Å². The van der Waals surface area contributed by atoms with Gasteiger partial charge in [-0.05, 0) is 37.1 Å². The van der Waals surface area contributed by atoms with Crippen molar-refractivity contribution in [2.75, 3.05) is 11.6 Å². The molecule has 0 bridgehead atoms. The molecular formula is C22H20N6O4S3. The minimum Gasteiger partial charge on any atom is -0.381 e. The third kappa shape index (κ3) is 4.65. The van der Waals surface area contributed by atoms with Crippen LogP contribution >= 0.6 is 11.3 Å². The number of nitrogens with one attached hydrogen (secondary N) is 3. The fourth-order valence-electron chi connectivity index (χ4n) is 3.94. The lowest BCUT2D eigenvalue weighted by atomic mass is 9.87. The summed E-state index contributed by atoms with van der Waals surface area (Å²) in [7, 11) is -7.12. The average molecular weight is 529 g/mol. The lowest BCUT2D eigenvalue weighted by molar-refractivity contribution is 0.346. The first-order chi connectivity index (χ1) is 16.6. The van der Waals surface area contributed by atoms with Crippen LogP contribution in [0.5, 0.6) is 0 Å². The zero-order chi connectivity index (χ0) is 24.8. The van der Waals surface area contributed by atoms with Crippen LogP contribution in [-0.2, 0) is 19.9 Å². The molecule has 4 aromatic rings. The van der Waals surface area contributed by atoms with Crippen LogP contribution in [0, 0.1) is 11.3 Å². The van der Waals surface area contributed by atoms with Crippen molar-refractivity contribution in [1.82, 2.24) is 19.7 Å². The van der Waals surface area contributed by atoms with Crippen LogP contribution in [0.25, 0.3) is 21.6 Å². The summed E-state index contributed by atoms with van der Waals surface area (Å²) >= 11 is 1.08. The Kier molecular flexibility index (Phi) is 5.84. The Morgan fingerprint density at radius 1 is 1.11 bits per heavy atom. The van der Waals surface area contributed by atoms with Gasteiger partial charge in [0, 0.05) is 36.1 Å². The molecule has 1 saturated carbocycles. The largest absolute Gasteiger partial charge is 0.381 e. The Labute approximate surface area is 206 Å². The van der Waals surface area contributed by atoms with Crippen molar-refractivity contribution < 1.29 is 16.8 Å². The van der Waals surface area contributed by atoms with Crippen LogP contribution in [-0.4, -0.2) is 50.1 Å². The number of hydrogen-bond donors (Lipinski definition) is 3. The number of fused-ring (bicyclic) bond motifs is 1. The Balaban J connectivity index is 1.35. The van der Waals surface area contributed by atoms with Crippen LogP contribution in [0.15, 0.2) is 58.0 Å². The van der Waals surface area contributed by atoms with Gasteiger partial charge in [0.15, 0.2) is 9.84 Å². The number of thiazole rings is 1. The van der Waals surface area contributed by atoms with Crippen LogP contribution < -0.4 is 10.0 Å². The number of nitrogens with zero attached hydrogens (tertiary/aromatic N) is 3. The maximum Gasteiger partial charge on any atom is 0.240 e. The zero-order valence-electron chi connectivity index (χ0n) is 18.4. The SMILES string of the molecule is CS(=O)(=O)c1cnc(-c2cnc3[nH]ccc3c2NC2CC(NS(=O)(=O)c3cccc(C#N)c3)C2)s1. The number of pyridine rings is 1. The highest BCUT2D eigenvalue weighted by Gasteiger charge is 2.34. The van der Waals surface area contributed by atoms with Crippen LogP contribution in [0.3, 0.4) is 0 Å². The molecule has 5 rings (SSSR count). The van der Waals surface area contributed by atoms with E-state index >= 15 is 0 Å². The van der Waals surface area contributed by atoms with E-state index in [-0.39, 0.29) is 26.8 Å². The Bertz CT molecular complexity index is 1680. The van der Waals surface area contributed by atoms with E-state index in [2.05, 4.69) is 25.0 Å². The second-order valence-electron chi connectivity index (χ2n) is 8.31. The van der Waals surface area contributed by atoms with E-state index in [1.807, 2.05) is 12.1 Å². The number of sulfonamides is 1. The standard InChI is InChI=1S/C22H20N6O4S3/c1-34(29,30)19-12-26-22(33-19)18-11-25-21-17(5-6-24-21)20(18)27-14-8-15(9-14)28-35(31,32)16-4-2-3-13(7-16)10-23/h2-7,11-12,14-15,28H,8-9H2,1H3,(H2,24,25,27). The van der Waals surface area contributed by atoms with E-state index in [0.29, 0.717) is 29.1 Å². The number of H-pyrrole nitrogens is 1. The van der Waals surface area contributed by atoms with E-state index in [1.54, 1.807) is 24.5 Å². The van der Waals surface area contributed by atoms with Crippen LogP contribution in [0.4, 0.5) is 5.69 Å². The Morgan fingerprint density at radius 2 is 1.91 bits per heavy atom. The minimum atomic E-state index is -3.75. The molecule has 0 spiro atoms. The molecule has 13 heteroatoms. The molecule has 0 radical (unpaired) electrons. The molecule has 0 saturated heterocycles. The quantitative estimate of drug-likeness (QED) is 0.330. The molecule has 0 aliphatic heterocycles. The van der Waals surface area contributed by atoms with Gasteiger partial charge in [-0.25, -0.2) is 31.5 Å². The first-order valence-electron chi connectivity index (χ1n) is 10.6. The van der Waals surface area contributed by atoms with Crippen molar-refractivity contribution in [2.24, 2.45) is 0 Å².